The van der Waals surface area contributed by atoms with Gasteiger partial charge in [0.15, 0.2) is 5.78 Å². The molecular weight excluding hydrogens is 404 g/mol. The molecule has 0 aromatic heterocycles. The summed E-state index contributed by atoms with van der Waals surface area (Å²) in [6.45, 7) is 3.78. The molecule has 3 heterocycles. The third kappa shape index (κ3) is 2.77. The summed E-state index contributed by atoms with van der Waals surface area (Å²) in [6, 6.07) is 2.43. The van der Waals surface area contributed by atoms with Gasteiger partial charge in [-0.2, -0.15) is 0 Å². The van der Waals surface area contributed by atoms with E-state index in [0.29, 0.717) is 16.9 Å². The molecule has 4 rings (SSSR count). The molecule has 0 saturated carbocycles. The molecule has 9 nitrogen and oxygen atoms in total. The fraction of sp³-hybridized carbons (Fsp3) is 0.500. The monoisotopic (exact) mass is 430 g/mol. The van der Waals surface area contributed by atoms with Crippen molar-refractivity contribution in [1.29, 1.82) is 0 Å². The number of methoxy groups -OCH3 is 2. The van der Waals surface area contributed by atoms with Gasteiger partial charge in [0.1, 0.15) is 23.8 Å². The number of likely N-dealkylation sites (N-methyl/N-ethyl adjacent to an activating group) is 1. The maximum atomic E-state index is 13.8. The van der Waals surface area contributed by atoms with Crippen LogP contribution in [0.2, 0.25) is 0 Å². The van der Waals surface area contributed by atoms with Crippen molar-refractivity contribution >= 4 is 17.7 Å². The number of ether oxygens (including phenoxy) is 2. The van der Waals surface area contributed by atoms with Gasteiger partial charge in [0.05, 0.1) is 39.5 Å². The number of benzene rings is 1. The van der Waals surface area contributed by atoms with E-state index < -0.39 is 35.6 Å². The molecule has 0 radical (unpaired) electrons. The fourth-order valence-electron chi connectivity index (χ4n) is 5.57. The van der Waals surface area contributed by atoms with Crippen molar-refractivity contribution in [2.45, 2.75) is 30.6 Å². The maximum absolute atomic E-state index is 13.8. The Bertz CT molecular complexity index is 948. The minimum absolute atomic E-state index is 0.143. The largest absolute Gasteiger partial charge is 0.496 e. The number of hydrogen-bond acceptors (Lipinski definition) is 8. The zero-order valence-electron chi connectivity index (χ0n) is 18.0. The highest BCUT2D eigenvalue weighted by atomic mass is 17.2. The molecular formula is C22H26N2O7. The van der Waals surface area contributed by atoms with Crippen molar-refractivity contribution in [3.05, 3.63) is 42.0 Å². The van der Waals surface area contributed by atoms with Crippen LogP contribution in [0.4, 0.5) is 0 Å². The van der Waals surface area contributed by atoms with Crippen LogP contribution < -0.4 is 4.74 Å². The predicted octanol–water partition coefficient (Wildman–Crippen LogP) is 1.14. The number of rotatable bonds is 6. The van der Waals surface area contributed by atoms with Gasteiger partial charge in [-0.15, -0.1) is 6.58 Å². The first-order chi connectivity index (χ1) is 14.9. The quantitative estimate of drug-likeness (QED) is 0.287. The van der Waals surface area contributed by atoms with Crippen molar-refractivity contribution in [3.8, 4) is 5.75 Å². The summed E-state index contributed by atoms with van der Waals surface area (Å²) in [5.41, 5.74) is -0.198. The highest BCUT2D eigenvalue weighted by Crippen LogP contribution is 2.53. The fourth-order valence-corrected chi connectivity index (χ4v) is 5.57. The summed E-state index contributed by atoms with van der Waals surface area (Å²) >= 11 is 0. The summed E-state index contributed by atoms with van der Waals surface area (Å²) in [5.74, 6) is -0.543. The molecule has 2 bridgehead atoms. The van der Waals surface area contributed by atoms with Gasteiger partial charge in [-0.25, -0.2) is 9.78 Å². The molecule has 3 aliphatic rings. The molecule has 4 unspecified atom stereocenters. The van der Waals surface area contributed by atoms with E-state index in [1.165, 1.54) is 21.3 Å². The standard InChI is InChI=1S/C22H26N2O7/c1-6-13-16-12(8-7-9-15(16)28-3)18(25)17-19-22(11-31-30-5,21(27)29-4)10-14(23(19)2)20(26)24(13)17/h6-9,13-14,17,19H,1,10-11H2,2-5H3/t13-,14?,17?,19?,22?/m0/s1. The number of nitrogens with zero attached hydrogens (tertiary/aromatic N) is 2. The smallest absolute Gasteiger partial charge is 0.316 e. The lowest BCUT2D eigenvalue weighted by Gasteiger charge is -2.51. The molecule has 0 spiro atoms. The van der Waals surface area contributed by atoms with Crippen LogP contribution >= 0.6 is 0 Å². The molecule has 0 N–H and O–H groups in total. The predicted molar refractivity (Wildman–Crippen MR) is 108 cm³/mol. The average molecular weight is 430 g/mol. The molecule has 1 aromatic carbocycles. The Hall–Kier alpha value is -2.75. The Morgan fingerprint density at radius 3 is 2.65 bits per heavy atom. The molecule has 3 aliphatic heterocycles. The first-order valence-electron chi connectivity index (χ1n) is 9.99. The molecule has 2 saturated heterocycles. The van der Waals surface area contributed by atoms with Gasteiger partial charge in [-0.1, -0.05) is 18.2 Å². The third-order valence-electron chi connectivity index (χ3n) is 6.86. The molecule has 0 aliphatic carbocycles. The van der Waals surface area contributed by atoms with Crippen LogP contribution in [0.1, 0.15) is 28.4 Å². The molecule has 166 valence electrons. The summed E-state index contributed by atoms with van der Waals surface area (Å²) in [5, 5.41) is 0. The van der Waals surface area contributed by atoms with E-state index in [4.69, 9.17) is 19.2 Å². The molecule has 1 amide bonds. The Morgan fingerprint density at radius 1 is 1.29 bits per heavy atom. The van der Waals surface area contributed by atoms with E-state index in [2.05, 4.69) is 6.58 Å². The minimum Gasteiger partial charge on any atom is -0.496 e. The lowest BCUT2D eigenvalue weighted by molar-refractivity contribution is -0.291. The van der Waals surface area contributed by atoms with Gasteiger partial charge in [0.2, 0.25) is 5.91 Å². The van der Waals surface area contributed by atoms with E-state index in [0.717, 1.165) is 0 Å². The maximum Gasteiger partial charge on any atom is 0.316 e. The Labute approximate surface area is 180 Å². The number of carbonyl (C=O) groups excluding carboxylic acids is 3. The number of hydrogen-bond donors (Lipinski definition) is 0. The number of Topliss-reactive ketones (excluding diaryl/α,β-unsaturated/α-hetero) is 1. The van der Waals surface area contributed by atoms with Crippen molar-refractivity contribution in [1.82, 2.24) is 9.80 Å². The van der Waals surface area contributed by atoms with E-state index in [9.17, 15) is 14.4 Å². The minimum atomic E-state index is -1.25. The van der Waals surface area contributed by atoms with Crippen molar-refractivity contribution in [2.24, 2.45) is 5.41 Å². The van der Waals surface area contributed by atoms with E-state index >= 15 is 0 Å². The van der Waals surface area contributed by atoms with Gasteiger partial charge in [-0.3, -0.25) is 19.3 Å². The Morgan fingerprint density at radius 2 is 2.03 bits per heavy atom. The number of carbonyl (C=O) groups is 3. The number of fused-ring (bicyclic) bond motifs is 5. The highest BCUT2D eigenvalue weighted by Gasteiger charge is 2.68. The van der Waals surface area contributed by atoms with Crippen LogP contribution in [0, 0.1) is 5.41 Å². The third-order valence-corrected chi connectivity index (χ3v) is 6.86. The van der Waals surface area contributed by atoms with Gasteiger partial charge >= 0.3 is 5.97 Å². The van der Waals surface area contributed by atoms with Crippen LogP contribution in [0.15, 0.2) is 30.9 Å². The molecule has 2 fully saturated rings. The van der Waals surface area contributed by atoms with Crippen LogP contribution in [0.25, 0.3) is 0 Å². The second-order valence-electron chi connectivity index (χ2n) is 8.06. The lowest BCUT2D eigenvalue weighted by Crippen LogP contribution is -2.69. The van der Waals surface area contributed by atoms with Crippen LogP contribution in [0.3, 0.4) is 0 Å². The van der Waals surface area contributed by atoms with E-state index in [-0.39, 0.29) is 24.7 Å². The molecule has 5 atom stereocenters. The first-order valence-corrected chi connectivity index (χ1v) is 9.99. The summed E-state index contributed by atoms with van der Waals surface area (Å²) in [6.07, 6.45) is 1.79. The second kappa shape index (κ2) is 7.74. The number of piperazine rings is 1. The second-order valence-corrected chi connectivity index (χ2v) is 8.06. The molecule has 1 aromatic rings. The zero-order chi connectivity index (χ0) is 22.5. The SMILES string of the molecule is C=C[C@H]1c2c(OC)cccc2C(=O)C2C3N(C)C(CC3(COOC)C(=O)OC)C(=O)N21. The average Bonchev–Trinajstić information content (AvgIpc) is 3.02. The van der Waals surface area contributed by atoms with E-state index in [1.54, 1.807) is 41.1 Å². The Balaban J connectivity index is 1.93. The van der Waals surface area contributed by atoms with Gasteiger partial charge < -0.3 is 14.4 Å². The van der Waals surface area contributed by atoms with Crippen LogP contribution in [0.5, 0.6) is 5.75 Å². The number of ketones is 1. The van der Waals surface area contributed by atoms with Crippen molar-refractivity contribution in [2.75, 3.05) is 35.0 Å². The Kier molecular flexibility index (Phi) is 5.36. The van der Waals surface area contributed by atoms with Gasteiger partial charge in [0.25, 0.3) is 0 Å². The topological polar surface area (TPSA) is 94.6 Å². The summed E-state index contributed by atoms with van der Waals surface area (Å²) in [7, 11) is 5.90. The van der Waals surface area contributed by atoms with Crippen molar-refractivity contribution < 1.29 is 33.6 Å². The normalized spacial score (nSPS) is 31.8. The van der Waals surface area contributed by atoms with Crippen LogP contribution in [-0.4, -0.2) is 80.6 Å². The van der Waals surface area contributed by atoms with Gasteiger partial charge in [0, 0.05) is 11.1 Å². The van der Waals surface area contributed by atoms with Crippen LogP contribution in [-0.2, 0) is 24.1 Å². The lowest BCUT2D eigenvalue weighted by atomic mass is 9.73. The highest BCUT2D eigenvalue weighted by molar-refractivity contribution is 6.08. The molecule has 31 heavy (non-hydrogen) atoms. The van der Waals surface area contributed by atoms with Gasteiger partial charge in [-0.05, 0) is 19.5 Å². The number of amides is 1. The van der Waals surface area contributed by atoms with Crippen molar-refractivity contribution in [3.63, 3.8) is 0 Å². The molecule has 9 heteroatoms. The summed E-state index contributed by atoms with van der Waals surface area (Å²) < 4.78 is 10.6. The summed E-state index contributed by atoms with van der Waals surface area (Å²) in [4.78, 5) is 53.8. The number of esters is 1. The van der Waals surface area contributed by atoms with E-state index in [1.807, 2.05) is 0 Å². The zero-order valence-corrected chi connectivity index (χ0v) is 18.0. The first kappa shape index (κ1) is 21.5.